The van der Waals surface area contributed by atoms with Gasteiger partial charge in [-0.05, 0) is 55.2 Å². The van der Waals surface area contributed by atoms with Gasteiger partial charge in [-0.3, -0.25) is 14.4 Å². The molecule has 6 rings (SSSR count). The maximum Gasteiger partial charge on any atom is 0.246 e. The van der Waals surface area contributed by atoms with Crippen LogP contribution in [0, 0.1) is 29.6 Å². The SMILES string of the molecule is C[C@@H]1[C@H](C)CCC[C@@H]1NC(=O)[C@@H]1N([C@@H]2CCCC[C@@H]2C)C(=O)[C@@H]2[C@H](C(=O)Nc3cc(Cl)cc(Cl)c3)[C@@H]3C=C[C@]21O3. The van der Waals surface area contributed by atoms with Crippen LogP contribution in [0.5, 0.6) is 0 Å². The van der Waals surface area contributed by atoms with Gasteiger partial charge < -0.3 is 20.3 Å². The topological polar surface area (TPSA) is 87.7 Å². The minimum absolute atomic E-state index is 0.0571. The average Bonchev–Trinajstić information content (AvgIpc) is 3.54. The Labute approximate surface area is 246 Å². The van der Waals surface area contributed by atoms with Crippen molar-refractivity contribution >= 4 is 46.6 Å². The van der Waals surface area contributed by atoms with Crippen LogP contribution in [0.4, 0.5) is 5.69 Å². The minimum Gasteiger partial charge on any atom is -0.359 e. The summed E-state index contributed by atoms with van der Waals surface area (Å²) in [5, 5.41) is 7.07. The van der Waals surface area contributed by atoms with Gasteiger partial charge in [0, 0.05) is 27.8 Å². The number of rotatable bonds is 5. The molecule has 1 aromatic carbocycles. The highest BCUT2D eigenvalue weighted by molar-refractivity contribution is 6.35. The third kappa shape index (κ3) is 4.57. The standard InChI is InChI=1S/C31H39Cl2N3O4/c1-16-8-6-9-22(18(16)3)35-29(38)27-31-12-11-24(40-31)25(28(37)34-21-14-19(32)13-20(33)15-21)26(31)30(39)36(27)23-10-5-4-7-17(23)2/h11-18,22-27H,4-10H2,1-3H3,(H,34,37)(H,35,38)/t16-,17+,18-,22+,23-,24+,25-,26+,27+,31+/m1/s1. The van der Waals surface area contributed by atoms with E-state index >= 15 is 0 Å². The van der Waals surface area contributed by atoms with Gasteiger partial charge in [-0.25, -0.2) is 0 Å². The molecular weight excluding hydrogens is 549 g/mol. The summed E-state index contributed by atoms with van der Waals surface area (Å²) in [4.78, 5) is 44.3. The lowest BCUT2D eigenvalue weighted by molar-refractivity contribution is -0.146. The third-order valence-electron chi connectivity index (χ3n) is 10.5. The van der Waals surface area contributed by atoms with Crippen LogP contribution in [0.25, 0.3) is 0 Å². The Morgan fingerprint density at radius 1 is 0.950 bits per heavy atom. The predicted molar refractivity (Wildman–Crippen MR) is 155 cm³/mol. The van der Waals surface area contributed by atoms with Crippen LogP contribution in [0.3, 0.4) is 0 Å². The second-order valence-corrected chi connectivity index (χ2v) is 13.7. The largest absolute Gasteiger partial charge is 0.359 e. The summed E-state index contributed by atoms with van der Waals surface area (Å²) in [6.45, 7) is 6.62. The number of ether oxygens (including phenoxy) is 1. The molecule has 2 saturated carbocycles. The first-order valence-electron chi connectivity index (χ1n) is 14.9. The number of nitrogens with zero attached hydrogens (tertiary/aromatic N) is 1. The first-order chi connectivity index (χ1) is 19.1. The van der Waals surface area contributed by atoms with Gasteiger partial charge in [-0.2, -0.15) is 0 Å². The van der Waals surface area contributed by atoms with Gasteiger partial charge in [0.05, 0.1) is 17.9 Å². The molecule has 10 atom stereocenters. The fraction of sp³-hybridized carbons (Fsp3) is 0.645. The molecule has 7 nitrogen and oxygen atoms in total. The number of hydrogen-bond acceptors (Lipinski definition) is 4. The van der Waals surface area contributed by atoms with E-state index < -0.39 is 29.6 Å². The van der Waals surface area contributed by atoms with Gasteiger partial charge in [0.1, 0.15) is 11.6 Å². The number of nitrogens with one attached hydrogen (secondary N) is 2. The Morgan fingerprint density at radius 2 is 1.65 bits per heavy atom. The molecule has 0 aromatic heterocycles. The van der Waals surface area contributed by atoms with Gasteiger partial charge in [-0.15, -0.1) is 0 Å². The molecule has 3 heterocycles. The van der Waals surface area contributed by atoms with Crippen LogP contribution in [-0.2, 0) is 19.1 Å². The number of likely N-dealkylation sites (tertiary alicyclic amines) is 1. The smallest absolute Gasteiger partial charge is 0.246 e. The Hall–Kier alpha value is -2.09. The number of fused-ring (bicyclic) bond motifs is 1. The highest BCUT2D eigenvalue weighted by atomic mass is 35.5. The van der Waals surface area contributed by atoms with E-state index in [0.29, 0.717) is 27.6 Å². The molecule has 3 amide bonds. The normalized spacial score (nSPS) is 40.3. The van der Waals surface area contributed by atoms with Crippen molar-refractivity contribution in [3.05, 3.63) is 40.4 Å². The van der Waals surface area contributed by atoms with E-state index in [2.05, 4.69) is 31.4 Å². The molecule has 2 saturated heterocycles. The average molecular weight is 589 g/mol. The molecular formula is C31H39Cl2N3O4. The number of anilines is 1. The maximum absolute atomic E-state index is 14.4. The number of hydrogen-bond donors (Lipinski definition) is 2. The van der Waals surface area contributed by atoms with Crippen LogP contribution in [0.2, 0.25) is 10.0 Å². The molecule has 2 N–H and O–H groups in total. The quantitative estimate of drug-likeness (QED) is 0.439. The van der Waals surface area contributed by atoms with Gasteiger partial charge in [-0.1, -0.05) is 81.8 Å². The molecule has 3 aliphatic heterocycles. The number of benzene rings is 1. The fourth-order valence-corrected chi connectivity index (χ4v) is 8.70. The Bertz CT molecular complexity index is 1220. The summed E-state index contributed by atoms with van der Waals surface area (Å²) in [7, 11) is 0. The molecule has 1 aromatic rings. The molecule has 0 unspecified atom stereocenters. The number of amides is 3. The summed E-state index contributed by atoms with van der Waals surface area (Å²) < 4.78 is 6.55. The lowest BCUT2D eigenvalue weighted by atomic mass is 9.73. The third-order valence-corrected chi connectivity index (χ3v) is 10.9. The van der Waals surface area contributed by atoms with E-state index in [1.165, 1.54) is 0 Å². The van der Waals surface area contributed by atoms with E-state index in [0.717, 1.165) is 44.9 Å². The maximum atomic E-state index is 14.4. The zero-order chi connectivity index (χ0) is 28.3. The monoisotopic (exact) mass is 587 g/mol. The number of carbonyl (C=O) groups is 3. The summed E-state index contributed by atoms with van der Waals surface area (Å²) in [5.74, 6) is -1.04. The predicted octanol–water partition coefficient (Wildman–Crippen LogP) is 5.60. The van der Waals surface area contributed by atoms with Crippen molar-refractivity contribution in [1.82, 2.24) is 10.2 Å². The van der Waals surface area contributed by atoms with E-state index in [4.69, 9.17) is 27.9 Å². The van der Waals surface area contributed by atoms with Crippen LogP contribution >= 0.6 is 23.2 Å². The van der Waals surface area contributed by atoms with Crippen molar-refractivity contribution in [3.63, 3.8) is 0 Å². The minimum atomic E-state index is -1.17. The lowest BCUT2D eigenvalue weighted by Gasteiger charge is -2.42. The van der Waals surface area contributed by atoms with Gasteiger partial charge in [0.15, 0.2) is 0 Å². The second kappa shape index (κ2) is 10.6. The molecule has 4 fully saturated rings. The molecule has 216 valence electrons. The highest BCUT2D eigenvalue weighted by Crippen LogP contribution is 2.56. The van der Waals surface area contributed by atoms with E-state index in [9.17, 15) is 14.4 Å². The van der Waals surface area contributed by atoms with Crippen LogP contribution in [0.15, 0.2) is 30.4 Å². The van der Waals surface area contributed by atoms with Crippen molar-refractivity contribution in [3.8, 4) is 0 Å². The van der Waals surface area contributed by atoms with Crippen molar-refractivity contribution in [2.45, 2.75) is 95.5 Å². The molecule has 2 bridgehead atoms. The lowest BCUT2D eigenvalue weighted by Crippen LogP contribution is -2.60. The van der Waals surface area contributed by atoms with E-state index in [1.807, 2.05) is 17.1 Å². The van der Waals surface area contributed by atoms with E-state index in [-0.39, 0.29) is 35.7 Å². The summed E-state index contributed by atoms with van der Waals surface area (Å²) in [5.41, 5.74) is -0.707. The molecule has 9 heteroatoms. The fourth-order valence-electron chi connectivity index (χ4n) is 8.17. The number of carbonyl (C=O) groups excluding carboxylic acids is 3. The zero-order valence-corrected chi connectivity index (χ0v) is 24.9. The van der Waals surface area contributed by atoms with Crippen LogP contribution in [-0.4, -0.2) is 52.5 Å². The molecule has 1 spiro atoms. The zero-order valence-electron chi connectivity index (χ0n) is 23.4. The van der Waals surface area contributed by atoms with Crippen molar-refractivity contribution < 1.29 is 19.1 Å². The van der Waals surface area contributed by atoms with Crippen LogP contribution in [0.1, 0.15) is 65.7 Å². The second-order valence-electron chi connectivity index (χ2n) is 12.8. The number of halogens is 2. The highest BCUT2D eigenvalue weighted by Gasteiger charge is 2.73. The molecule has 2 aliphatic carbocycles. The van der Waals surface area contributed by atoms with Gasteiger partial charge >= 0.3 is 0 Å². The molecule has 5 aliphatic rings. The summed E-state index contributed by atoms with van der Waals surface area (Å²) >= 11 is 12.3. The molecule has 40 heavy (non-hydrogen) atoms. The first kappa shape index (κ1) is 28.0. The van der Waals surface area contributed by atoms with Crippen LogP contribution < -0.4 is 10.6 Å². The summed E-state index contributed by atoms with van der Waals surface area (Å²) in [6.07, 6.45) is 10.3. The Morgan fingerprint density at radius 3 is 2.38 bits per heavy atom. The van der Waals surface area contributed by atoms with E-state index in [1.54, 1.807) is 18.2 Å². The first-order valence-corrected chi connectivity index (χ1v) is 15.6. The van der Waals surface area contributed by atoms with Gasteiger partial charge in [0.25, 0.3) is 0 Å². The summed E-state index contributed by atoms with van der Waals surface area (Å²) in [6, 6.07) is 4.03. The van der Waals surface area contributed by atoms with Crippen molar-refractivity contribution in [2.75, 3.05) is 5.32 Å². The van der Waals surface area contributed by atoms with Crippen molar-refractivity contribution in [2.24, 2.45) is 29.6 Å². The van der Waals surface area contributed by atoms with Gasteiger partial charge in [0.2, 0.25) is 17.7 Å². The Balaban J connectivity index is 1.34. The van der Waals surface area contributed by atoms with Crippen molar-refractivity contribution in [1.29, 1.82) is 0 Å². The molecule has 0 radical (unpaired) electrons. The Kier molecular flexibility index (Phi) is 7.46.